The summed E-state index contributed by atoms with van der Waals surface area (Å²) in [5.41, 5.74) is 0.687. The fraction of sp³-hybridized carbons (Fsp3) is 0.588. The minimum Gasteiger partial charge on any atom is -0.379 e. The SMILES string of the molecule is CCc1ccc(C(=O)NC(C)(C)C)cc1S(=O)(=O)N1CCOCC1. The number of carbonyl (C=O) groups excluding carboxylic acids is 1. The van der Waals surface area contributed by atoms with Crippen LogP contribution >= 0.6 is 0 Å². The Labute approximate surface area is 144 Å². The van der Waals surface area contributed by atoms with E-state index in [1.165, 1.54) is 10.4 Å². The van der Waals surface area contributed by atoms with Crippen molar-refractivity contribution in [3.05, 3.63) is 29.3 Å². The molecule has 24 heavy (non-hydrogen) atoms. The Morgan fingerprint density at radius 2 is 1.88 bits per heavy atom. The van der Waals surface area contributed by atoms with Crippen molar-refractivity contribution < 1.29 is 17.9 Å². The standard InChI is InChI=1S/C17H26N2O4S/c1-5-13-6-7-14(16(20)18-17(2,3)4)12-15(13)24(21,22)19-8-10-23-11-9-19/h6-7,12H,5,8-11H2,1-4H3,(H,18,20). The van der Waals surface area contributed by atoms with Crippen molar-refractivity contribution >= 4 is 15.9 Å². The predicted molar refractivity (Wildman–Crippen MR) is 92.6 cm³/mol. The monoisotopic (exact) mass is 354 g/mol. The summed E-state index contributed by atoms with van der Waals surface area (Å²) >= 11 is 0. The van der Waals surface area contributed by atoms with Gasteiger partial charge < -0.3 is 10.1 Å². The van der Waals surface area contributed by atoms with Gasteiger partial charge in [0.05, 0.1) is 18.1 Å². The van der Waals surface area contributed by atoms with E-state index in [2.05, 4.69) is 5.32 Å². The van der Waals surface area contributed by atoms with Crippen LogP contribution in [0.4, 0.5) is 0 Å². The number of nitrogens with zero attached hydrogens (tertiary/aromatic N) is 1. The van der Waals surface area contributed by atoms with Gasteiger partial charge in [-0.25, -0.2) is 8.42 Å². The zero-order valence-corrected chi connectivity index (χ0v) is 15.6. The van der Waals surface area contributed by atoms with Gasteiger partial charge in [0.1, 0.15) is 0 Å². The van der Waals surface area contributed by atoms with Crippen molar-refractivity contribution in [1.29, 1.82) is 0 Å². The van der Waals surface area contributed by atoms with Crippen LogP contribution in [0.3, 0.4) is 0 Å². The summed E-state index contributed by atoms with van der Waals surface area (Å²) in [6.07, 6.45) is 0.583. The van der Waals surface area contributed by atoms with Crippen LogP contribution in [-0.2, 0) is 21.2 Å². The Balaban J connectivity index is 2.40. The molecule has 0 aliphatic carbocycles. The number of carbonyl (C=O) groups is 1. The molecule has 1 fully saturated rings. The molecule has 134 valence electrons. The summed E-state index contributed by atoms with van der Waals surface area (Å²) in [6.45, 7) is 9.02. The van der Waals surface area contributed by atoms with Crippen LogP contribution in [0, 0.1) is 0 Å². The van der Waals surface area contributed by atoms with E-state index >= 15 is 0 Å². The number of morpholine rings is 1. The maximum atomic E-state index is 13.0. The average Bonchev–Trinajstić information content (AvgIpc) is 2.53. The highest BCUT2D eigenvalue weighted by Crippen LogP contribution is 2.23. The summed E-state index contributed by atoms with van der Waals surface area (Å²) in [7, 11) is -3.63. The van der Waals surface area contributed by atoms with E-state index in [9.17, 15) is 13.2 Å². The van der Waals surface area contributed by atoms with Crippen molar-refractivity contribution in [3.8, 4) is 0 Å². The molecule has 7 heteroatoms. The Kier molecular flexibility index (Phi) is 5.67. The van der Waals surface area contributed by atoms with Crippen LogP contribution in [0.5, 0.6) is 0 Å². The highest BCUT2D eigenvalue weighted by molar-refractivity contribution is 7.89. The molecule has 1 amide bonds. The van der Waals surface area contributed by atoms with E-state index < -0.39 is 10.0 Å². The fourth-order valence-electron chi connectivity index (χ4n) is 2.57. The Bertz CT molecular complexity index is 702. The molecule has 0 aromatic heterocycles. The Morgan fingerprint density at radius 1 is 1.25 bits per heavy atom. The second-order valence-corrected chi connectivity index (χ2v) is 8.80. The van der Waals surface area contributed by atoms with Gasteiger partial charge in [0.2, 0.25) is 10.0 Å². The fourth-order valence-corrected chi connectivity index (χ4v) is 4.29. The zero-order valence-electron chi connectivity index (χ0n) is 14.8. The average molecular weight is 354 g/mol. The normalized spacial score (nSPS) is 16.8. The highest BCUT2D eigenvalue weighted by Gasteiger charge is 2.29. The summed E-state index contributed by atoms with van der Waals surface area (Å²) in [6, 6.07) is 4.90. The molecule has 1 aliphatic rings. The van der Waals surface area contributed by atoms with Crippen LogP contribution in [0.2, 0.25) is 0 Å². The lowest BCUT2D eigenvalue weighted by atomic mass is 10.1. The second-order valence-electron chi connectivity index (χ2n) is 6.90. The molecule has 0 saturated carbocycles. The molecule has 1 saturated heterocycles. The number of hydrogen-bond donors (Lipinski definition) is 1. The number of ether oxygens (including phenoxy) is 1. The number of amides is 1. The molecule has 0 spiro atoms. The molecule has 0 atom stereocenters. The van der Waals surface area contributed by atoms with Crippen LogP contribution < -0.4 is 5.32 Å². The number of sulfonamides is 1. The maximum absolute atomic E-state index is 13.0. The molecule has 1 heterocycles. The van der Waals surface area contributed by atoms with Crippen LogP contribution in [0.25, 0.3) is 0 Å². The van der Waals surface area contributed by atoms with Gasteiger partial charge in [-0.1, -0.05) is 13.0 Å². The molecule has 2 rings (SSSR count). The summed E-state index contributed by atoms with van der Waals surface area (Å²) in [4.78, 5) is 12.6. The van der Waals surface area contributed by atoms with E-state index in [-0.39, 0.29) is 16.3 Å². The molecule has 0 bridgehead atoms. The Hall–Kier alpha value is -1.44. The smallest absolute Gasteiger partial charge is 0.251 e. The minimum atomic E-state index is -3.63. The van der Waals surface area contributed by atoms with Gasteiger partial charge in [0.15, 0.2) is 0 Å². The third-order valence-electron chi connectivity index (χ3n) is 3.79. The lowest BCUT2D eigenvalue weighted by Gasteiger charge is -2.27. The van der Waals surface area contributed by atoms with Crippen molar-refractivity contribution in [3.63, 3.8) is 0 Å². The van der Waals surface area contributed by atoms with Crippen LogP contribution in [0.1, 0.15) is 43.6 Å². The van der Waals surface area contributed by atoms with Gasteiger partial charge in [0.25, 0.3) is 5.91 Å². The number of nitrogens with one attached hydrogen (secondary N) is 1. The molecule has 1 aliphatic heterocycles. The number of benzene rings is 1. The second kappa shape index (κ2) is 7.21. The first-order chi connectivity index (χ1) is 11.1. The third-order valence-corrected chi connectivity index (χ3v) is 5.77. The highest BCUT2D eigenvalue weighted by atomic mass is 32.2. The molecule has 1 aromatic carbocycles. The minimum absolute atomic E-state index is 0.216. The largest absolute Gasteiger partial charge is 0.379 e. The van der Waals surface area contributed by atoms with Gasteiger partial charge >= 0.3 is 0 Å². The summed E-state index contributed by atoms with van der Waals surface area (Å²) in [5, 5.41) is 2.86. The van der Waals surface area contributed by atoms with E-state index in [0.29, 0.717) is 43.9 Å². The summed E-state index contributed by atoms with van der Waals surface area (Å²) in [5.74, 6) is -0.274. The molecule has 0 radical (unpaired) electrons. The van der Waals surface area contributed by atoms with Crippen molar-refractivity contribution in [1.82, 2.24) is 9.62 Å². The number of aryl methyl sites for hydroxylation is 1. The van der Waals surface area contributed by atoms with E-state index in [1.54, 1.807) is 12.1 Å². The van der Waals surface area contributed by atoms with E-state index in [4.69, 9.17) is 4.74 Å². The van der Waals surface area contributed by atoms with Crippen molar-refractivity contribution in [2.45, 2.75) is 44.6 Å². The predicted octanol–water partition coefficient (Wildman–Crippen LogP) is 1.80. The molecule has 6 nitrogen and oxygen atoms in total. The van der Waals surface area contributed by atoms with Crippen LogP contribution in [0.15, 0.2) is 23.1 Å². The van der Waals surface area contributed by atoms with Gasteiger partial charge in [-0.15, -0.1) is 0 Å². The van der Waals surface area contributed by atoms with Crippen molar-refractivity contribution in [2.75, 3.05) is 26.3 Å². The van der Waals surface area contributed by atoms with E-state index in [1.807, 2.05) is 27.7 Å². The van der Waals surface area contributed by atoms with Gasteiger partial charge in [-0.3, -0.25) is 4.79 Å². The van der Waals surface area contributed by atoms with Gasteiger partial charge in [0, 0.05) is 24.2 Å². The summed E-state index contributed by atoms with van der Waals surface area (Å²) < 4.78 is 32.6. The lowest BCUT2D eigenvalue weighted by Crippen LogP contribution is -2.42. The first-order valence-corrected chi connectivity index (χ1v) is 9.62. The molecule has 1 aromatic rings. The Morgan fingerprint density at radius 3 is 2.42 bits per heavy atom. The maximum Gasteiger partial charge on any atom is 0.251 e. The topological polar surface area (TPSA) is 75.7 Å². The number of hydrogen-bond acceptors (Lipinski definition) is 4. The molecular formula is C17H26N2O4S. The first kappa shape index (κ1) is 18.9. The molecule has 1 N–H and O–H groups in total. The third kappa shape index (κ3) is 4.34. The quantitative estimate of drug-likeness (QED) is 0.894. The number of rotatable bonds is 4. The van der Waals surface area contributed by atoms with Crippen molar-refractivity contribution in [2.24, 2.45) is 0 Å². The molecule has 0 unspecified atom stereocenters. The lowest BCUT2D eigenvalue weighted by molar-refractivity contribution is 0.0730. The zero-order chi connectivity index (χ0) is 18.0. The van der Waals surface area contributed by atoms with E-state index in [0.717, 1.165) is 0 Å². The van der Waals surface area contributed by atoms with Gasteiger partial charge in [-0.05, 0) is 44.9 Å². The van der Waals surface area contributed by atoms with Gasteiger partial charge in [-0.2, -0.15) is 4.31 Å². The first-order valence-electron chi connectivity index (χ1n) is 8.18. The van der Waals surface area contributed by atoms with Crippen LogP contribution in [-0.4, -0.2) is 50.5 Å². The molecular weight excluding hydrogens is 328 g/mol.